The number of ether oxygens (including phenoxy) is 1. The van der Waals surface area contributed by atoms with Crippen LogP contribution >= 0.6 is 0 Å². The van der Waals surface area contributed by atoms with Crippen LogP contribution < -0.4 is 4.74 Å². The molecule has 0 heterocycles. The Morgan fingerprint density at radius 3 is 2.50 bits per heavy atom. The van der Waals surface area contributed by atoms with E-state index in [0.717, 1.165) is 6.07 Å². The van der Waals surface area contributed by atoms with Crippen molar-refractivity contribution in [2.24, 2.45) is 0 Å². The van der Waals surface area contributed by atoms with E-state index in [1.165, 1.54) is 25.3 Å². The molecular formula is C9H8F2O4S. The number of hydrogen-bond acceptors (Lipinski definition) is 3. The number of halogens is 2. The molecular weight excluding hydrogens is 242 g/mol. The van der Waals surface area contributed by atoms with Crippen LogP contribution in [0.1, 0.15) is 0 Å². The molecule has 88 valence electrons. The molecule has 0 spiro atoms. The highest BCUT2D eigenvalue weighted by Crippen LogP contribution is 2.30. The van der Waals surface area contributed by atoms with E-state index in [4.69, 9.17) is 9.84 Å². The van der Waals surface area contributed by atoms with Gasteiger partial charge in [-0.2, -0.15) is 8.78 Å². The third-order valence-corrected chi connectivity index (χ3v) is 3.13. The second-order valence-electron chi connectivity index (χ2n) is 2.74. The van der Waals surface area contributed by atoms with Gasteiger partial charge >= 0.3 is 11.2 Å². The molecule has 16 heavy (non-hydrogen) atoms. The molecule has 0 aliphatic rings. The van der Waals surface area contributed by atoms with Gasteiger partial charge in [0.2, 0.25) is 0 Å². The molecule has 1 aromatic rings. The van der Waals surface area contributed by atoms with Crippen LogP contribution in [0.25, 0.3) is 0 Å². The largest absolute Gasteiger partial charge is 0.495 e. The monoisotopic (exact) mass is 250 g/mol. The van der Waals surface area contributed by atoms with E-state index in [9.17, 15) is 17.8 Å². The van der Waals surface area contributed by atoms with Crippen molar-refractivity contribution in [3.05, 3.63) is 24.3 Å². The van der Waals surface area contributed by atoms with E-state index < -0.39 is 22.0 Å². The van der Waals surface area contributed by atoms with Crippen molar-refractivity contribution in [3.8, 4) is 5.75 Å². The van der Waals surface area contributed by atoms with Crippen LogP contribution in [0.2, 0.25) is 0 Å². The SMILES string of the molecule is COc1ccccc1S(=O)C(F)(F)C(=O)O. The van der Waals surface area contributed by atoms with Gasteiger partial charge in [-0.15, -0.1) is 0 Å². The van der Waals surface area contributed by atoms with Gasteiger partial charge < -0.3 is 9.84 Å². The Morgan fingerprint density at radius 1 is 1.44 bits per heavy atom. The molecule has 1 unspecified atom stereocenters. The minimum atomic E-state index is -4.34. The highest BCUT2D eigenvalue weighted by atomic mass is 32.2. The summed E-state index contributed by atoms with van der Waals surface area (Å²) in [5.41, 5.74) is 0. The van der Waals surface area contributed by atoms with Crippen molar-refractivity contribution < 1.29 is 27.6 Å². The average Bonchev–Trinajstić information content (AvgIpc) is 2.27. The summed E-state index contributed by atoms with van der Waals surface area (Å²) in [7, 11) is -1.78. The number of benzene rings is 1. The molecule has 0 aromatic heterocycles. The number of carbonyl (C=O) groups is 1. The molecule has 0 amide bonds. The predicted octanol–water partition coefficient (Wildman–Crippen LogP) is 1.48. The second-order valence-corrected chi connectivity index (χ2v) is 4.23. The first-order valence-corrected chi connectivity index (χ1v) is 5.22. The van der Waals surface area contributed by atoms with Crippen LogP contribution in [0.4, 0.5) is 8.78 Å². The van der Waals surface area contributed by atoms with E-state index in [1.54, 1.807) is 0 Å². The van der Waals surface area contributed by atoms with Gasteiger partial charge in [-0.05, 0) is 12.1 Å². The van der Waals surface area contributed by atoms with E-state index >= 15 is 0 Å². The number of hydrogen-bond donors (Lipinski definition) is 1. The van der Waals surface area contributed by atoms with Gasteiger partial charge in [0.25, 0.3) is 0 Å². The molecule has 0 saturated carbocycles. The predicted molar refractivity (Wildman–Crippen MR) is 52.0 cm³/mol. The zero-order valence-corrected chi connectivity index (χ0v) is 8.96. The summed E-state index contributed by atoms with van der Waals surface area (Å²) in [6.45, 7) is 0. The molecule has 0 saturated heterocycles. The summed E-state index contributed by atoms with van der Waals surface area (Å²) in [6, 6.07) is 5.32. The minimum absolute atomic E-state index is 0.0400. The molecule has 1 rings (SSSR count). The first-order valence-electron chi connectivity index (χ1n) is 4.07. The van der Waals surface area contributed by atoms with Crippen molar-refractivity contribution in [2.45, 2.75) is 10.2 Å². The van der Waals surface area contributed by atoms with Gasteiger partial charge in [-0.25, -0.2) is 9.00 Å². The maximum Gasteiger partial charge on any atom is 0.420 e. The molecule has 0 radical (unpaired) electrons. The van der Waals surface area contributed by atoms with Crippen molar-refractivity contribution in [1.29, 1.82) is 0 Å². The minimum Gasteiger partial charge on any atom is -0.495 e. The maximum absolute atomic E-state index is 13.0. The number of methoxy groups -OCH3 is 1. The number of rotatable bonds is 4. The Labute approximate surface area is 92.3 Å². The van der Waals surface area contributed by atoms with Crippen LogP contribution in [-0.4, -0.2) is 27.6 Å². The lowest BCUT2D eigenvalue weighted by Crippen LogP contribution is -2.33. The lowest BCUT2D eigenvalue weighted by molar-refractivity contribution is -0.153. The summed E-state index contributed by atoms with van der Waals surface area (Å²) in [5.74, 6) is -2.47. The normalized spacial score (nSPS) is 13.2. The Bertz CT molecular complexity index is 433. The van der Waals surface area contributed by atoms with Gasteiger partial charge in [0.1, 0.15) is 16.5 Å². The quantitative estimate of drug-likeness (QED) is 0.879. The van der Waals surface area contributed by atoms with E-state index in [1.807, 2.05) is 0 Å². The van der Waals surface area contributed by atoms with Gasteiger partial charge in [0, 0.05) is 0 Å². The Balaban J connectivity index is 3.19. The molecule has 7 heteroatoms. The highest BCUT2D eigenvalue weighted by Gasteiger charge is 2.47. The molecule has 0 fully saturated rings. The summed E-state index contributed by atoms with van der Waals surface area (Å²) < 4.78 is 42.1. The Morgan fingerprint density at radius 2 is 2.00 bits per heavy atom. The lowest BCUT2D eigenvalue weighted by atomic mass is 10.3. The van der Waals surface area contributed by atoms with Crippen LogP contribution in [0.15, 0.2) is 29.2 Å². The van der Waals surface area contributed by atoms with E-state index in [-0.39, 0.29) is 10.6 Å². The zero-order chi connectivity index (χ0) is 12.3. The van der Waals surface area contributed by atoms with Gasteiger partial charge in [-0.3, -0.25) is 0 Å². The first kappa shape index (κ1) is 12.6. The molecule has 0 aliphatic heterocycles. The number of alkyl halides is 2. The topological polar surface area (TPSA) is 63.6 Å². The smallest absolute Gasteiger partial charge is 0.420 e. The Kier molecular flexibility index (Phi) is 3.58. The maximum atomic E-state index is 13.0. The third-order valence-electron chi connectivity index (χ3n) is 1.75. The summed E-state index contributed by atoms with van der Waals surface area (Å²) in [5, 5.41) is 3.91. The van der Waals surface area contributed by atoms with Gasteiger partial charge in [0.05, 0.1) is 12.0 Å². The third kappa shape index (κ3) is 2.19. The lowest BCUT2D eigenvalue weighted by Gasteiger charge is -2.12. The molecule has 1 aromatic carbocycles. The van der Waals surface area contributed by atoms with E-state index in [0.29, 0.717) is 0 Å². The molecule has 0 bridgehead atoms. The zero-order valence-electron chi connectivity index (χ0n) is 8.15. The Hall–Kier alpha value is -1.50. The highest BCUT2D eigenvalue weighted by molar-refractivity contribution is 7.87. The van der Waals surface area contributed by atoms with Crippen molar-refractivity contribution in [3.63, 3.8) is 0 Å². The summed E-state index contributed by atoms with van der Waals surface area (Å²) in [4.78, 5) is 9.90. The number of carboxylic acid groups (broad SMARTS) is 1. The van der Waals surface area contributed by atoms with Crippen LogP contribution in [-0.2, 0) is 15.6 Å². The average molecular weight is 250 g/mol. The van der Waals surface area contributed by atoms with Gasteiger partial charge in [-0.1, -0.05) is 12.1 Å². The van der Waals surface area contributed by atoms with Crippen molar-refractivity contribution in [2.75, 3.05) is 7.11 Å². The molecule has 0 aliphatic carbocycles. The fraction of sp³-hybridized carbons (Fsp3) is 0.222. The summed E-state index contributed by atoms with van der Waals surface area (Å²) >= 11 is 0. The van der Waals surface area contributed by atoms with Crippen LogP contribution in [0.3, 0.4) is 0 Å². The van der Waals surface area contributed by atoms with Crippen LogP contribution in [0.5, 0.6) is 5.75 Å². The second kappa shape index (κ2) is 4.56. The standard InChI is InChI=1S/C9H8F2O4S/c1-15-6-4-2-3-5-7(6)16(14)9(10,11)8(12)13/h2-5H,1H3,(H,12,13). The number of aliphatic carboxylic acids is 1. The molecule has 1 atom stereocenters. The number of carboxylic acids is 1. The van der Waals surface area contributed by atoms with Crippen molar-refractivity contribution >= 4 is 16.8 Å². The van der Waals surface area contributed by atoms with E-state index in [2.05, 4.69) is 0 Å². The van der Waals surface area contributed by atoms with Crippen LogP contribution in [0, 0.1) is 0 Å². The number of para-hydroxylation sites is 1. The molecule has 4 nitrogen and oxygen atoms in total. The fourth-order valence-electron chi connectivity index (χ4n) is 0.989. The fourth-order valence-corrected chi connectivity index (χ4v) is 1.96. The molecule has 1 N–H and O–H groups in total. The first-order chi connectivity index (χ1) is 7.41. The summed E-state index contributed by atoms with van der Waals surface area (Å²) in [6.07, 6.45) is 0. The van der Waals surface area contributed by atoms with Crippen molar-refractivity contribution in [1.82, 2.24) is 0 Å². The van der Waals surface area contributed by atoms with Gasteiger partial charge in [0.15, 0.2) is 0 Å².